The van der Waals surface area contributed by atoms with E-state index in [2.05, 4.69) is 27.0 Å². The molecular formula is C11H19N5. The molecule has 0 spiro atoms. The Kier molecular flexibility index (Phi) is 2.35. The Morgan fingerprint density at radius 3 is 2.88 bits per heavy atom. The average Bonchev–Trinajstić information content (AvgIpc) is 2.84. The van der Waals surface area contributed by atoms with Crippen molar-refractivity contribution in [2.24, 2.45) is 11.7 Å². The number of H-pyrrole nitrogens is 1. The van der Waals surface area contributed by atoms with E-state index in [1.807, 2.05) is 0 Å². The minimum absolute atomic E-state index is 0.280. The van der Waals surface area contributed by atoms with E-state index < -0.39 is 0 Å². The van der Waals surface area contributed by atoms with Crippen LogP contribution in [0.4, 0.5) is 5.95 Å². The Labute approximate surface area is 95.4 Å². The van der Waals surface area contributed by atoms with Gasteiger partial charge in [0.1, 0.15) is 5.82 Å². The molecule has 0 bridgehead atoms. The number of aromatic amines is 1. The van der Waals surface area contributed by atoms with Crippen LogP contribution in [0.25, 0.3) is 0 Å². The fourth-order valence-electron chi connectivity index (χ4n) is 2.40. The molecule has 3 N–H and O–H groups in total. The van der Waals surface area contributed by atoms with Crippen LogP contribution in [0.2, 0.25) is 0 Å². The molecule has 3 rings (SSSR count). The third kappa shape index (κ3) is 1.80. The van der Waals surface area contributed by atoms with Crippen molar-refractivity contribution in [1.29, 1.82) is 0 Å². The molecule has 1 aliphatic carbocycles. The maximum absolute atomic E-state index is 5.88. The van der Waals surface area contributed by atoms with Gasteiger partial charge >= 0.3 is 0 Å². The van der Waals surface area contributed by atoms with Gasteiger partial charge in [-0.2, -0.15) is 4.98 Å². The molecule has 0 radical (unpaired) electrons. The fourth-order valence-corrected chi connectivity index (χ4v) is 2.40. The highest BCUT2D eigenvalue weighted by Crippen LogP contribution is 2.41. The molecule has 16 heavy (non-hydrogen) atoms. The van der Waals surface area contributed by atoms with Crippen molar-refractivity contribution >= 4 is 5.95 Å². The van der Waals surface area contributed by atoms with E-state index in [0.29, 0.717) is 5.92 Å². The minimum atomic E-state index is 0.280. The van der Waals surface area contributed by atoms with Crippen molar-refractivity contribution in [3.05, 3.63) is 5.82 Å². The first-order valence-corrected chi connectivity index (χ1v) is 6.17. The summed E-state index contributed by atoms with van der Waals surface area (Å²) in [4.78, 5) is 6.76. The van der Waals surface area contributed by atoms with Crippen LogP contribution in [0.15, 0.2) is 0 Å². The molecular weight excluding hydrogens is 202 g/mol. The molecule has 5 heteroatoms. The zero-order valence-electron chi connectivity index (χ0n) is 9.69. The van der Waals surface area contributed by atoms with Crippen molar-refractivity contribution in [2.75, 3.05) is 18.0 Å². The van der Waals surface area contributed by atoms with Crippen LogP contribution in [0.1, 0.15) is 37.9 Å². The molecule has 2 aliphatic rings. The maximum atomic E-state index is 5.88. The van der Waals surface area contributed by atoms with Gasteiger partial charge in [-0.15, -0.1) is 5.10 Å². The standard InChI is InChI=1S/C11H19N5/c1-7(8-2-3-8)10-13-11(15-14-10)16-5-4-9(12)6-16/h7-9H,2-6,12H2,1H3,(H,13,14,15). The lowest BCUT2D eigenvalue weighted by Crippen LogP contribution is -2.27. The molecule has 1 aliphatic heterocycles. The van der Waals surface area contributed by atoms with E-state index in [-0.39, 0.29) is 6.04 Å². The summed E-state index contributed by atoms with van der Waals surface area (Å²) in [5.74, 6) is 3.22. The van der Waals surface area contributed by atoms with Crippen LogP contribution in [0.5, 0.6) is 0 Å². The van der Waals surface area contributed by atoms with Gasteiger partial charge in [-0.3, -0.25) is 5.10 Å². The Bertz CT molecular complexity index is 370. The lowest BCUT2D eigenvalue weighted by atomic mass is 10.1. The Morgan fingerprint density at radius 1 is 1.44 bits per heavy atom. The molecule has 1 aromatic rings. The minimum Gasteiger partial charge on any atom is -0.338 e. The van der Waals surface area contributed by atoms with Crippen LogP contribution in [-0.4, -0.2) is 34.3 Å². The van der Waals surface area contributed by atoms with E-state index in [4.69, 9.17) is 5.73 Å². The predicted molar refractivity (Wildman–Crippen MR) is 62.3 cm³/mol. The third-order valence-electron chi connectivity index (χ3n) is 3.76. The summed E-state index contributed by atoms with van der Waals surface area (Å²) in [6.45, 7) is 4.10. The van der Waals surface area contributed by atoms with Crippen molar-refractivity contribution < 1.29 is 0 Å². The third-order valence-corrected chi connectivity index (χ3v) is 3.76. The first-order valence-electron chi connectivity index (χ1n) is 6.17. The van der Waals surface area contributed by atoms with Crippen molar-refractivity contribution in [3.8, 4) is 0 Å². The quantitative estimate of drug-likeness (QED) is 0.794. The van der Waals surface area contributed by atoms with Gasteiger partial charge in [0.25, 0.3) is 0 Å². The molecule has 1 aromatic heterocycles. The number of nitrogens with one attached hydrogen (secondary N) is 1. The second-order valence-electron chi connectivity index (χ2n) is 5.14. The molecule has 1 saturated carbocycles. The highest BCUT2D eigenvalue weighted by atomic mass is 15.4. The van der Waals surface area contributed by atoms with E-state index in [0.717, 1.165) is 37.2 Å². The molecule has 2 heterocycles. The number of nitrogens with zero attached hydrogens (tertiary/aromatic N) is 3. The summed E-state index contributed by atoms with van der Waals surface area (Å²) in [7, 11) is 0. The van der Waals surface area contributed by atoms with Crippen molar-refractivity contribution in [3.63, 3.8) is 0 Å². The molecule has 2 atom stereocenters. The van der Waals surface area contributed by atoms with E-state index in [1.165, 1.54) is 12.8 Å². The number of anilines is 1. The number of aromatic nitrogens is 3. The molecule has 1 saturated heterocycles. The van der Waals surface area contributed by atoms with Gasteiger partial charge in [0, 0.05) is 25.0 Å². The fraction of sp³-hybridized carbons (Fsp3) is 0.818. The van der Waals surface area contributed by atoms with E-state index >= 15 is 0 Å². The highest BCUT2D eigenvalue weighted by molar-refractivity contribution is 5.31. The average molecular weight is 221 g/mol. The number of rotatable bonds is 3. The first-order chi connectivity index (χ1) is 7.74. The summed E-state index contributed by atoms with van der Waals surface area (Å²) >= 11 is 0. The number of hydrogen-bond acceptors (Lipinski definition) is 4. The maximum Gasteiger partial charge on any atom is 0.244 e. The zero-order valence-corrected chi connectivity index (χ0v) is 9.69. The molecule has 5 nitrogen and oxygen atoms in total. The lowest BCUT2D eigenvalue weighted by molar-refractivity contribution is 0.623. The monoisotopic (exact) mass is 221 g/mol. The number of nitrogens with two attached hydrogens (primary N) is 1. The Morgan fingerprint density at radius 2 is 2.25 bits per heavy atom. The molecule has 0 aromatic carbocycles. The molecule has 2 fully saturated rings. The van der Waals surface area contributed by atoms with E-state index in [9.17, 15) is 0 Å². The lowest BCUT2D eigenvalue weighted by Gasteiger charge is -2.12. The van der Waals surface area contributed by atoms with Crippen LogP contribution < -0.4 is 10.6 Å². The second kappa shape index (κ2) is 3.73. The van der Waals surface area contributed by atoms with Crippen LogP contribution in [0, 0.1) is 5.92 Å². The van der Waals surface area contributed by atoms with Gasteiger partial charge in [-0.1, -0.05) is 6.92 Å². The van der Waals surface area contributed by atoms with Gasteiger partial charge in [0.2, 0.25) is 5.95 Å². The molecule has 2 unspecified atom stereocenters. The van der Waals surface area contributed by atoms with Gasteiger partial charge in [-0.25, -0.2) is 0 Å². The van der Waals surface area contributed by atoms with Gasteiger partial charge in [0.15, 0.2) is 0 Å². The van der Waals surface area contributed by atoms with Crippen molar-refractivity contribution in [1.82, 2.24) is 15.2 Å². The molecule has 0 amide bonds. The predicted octanol–water partition coefficient (Wildman–Crippen LogP) is 0.856. The zero-order chi connectivity index (χ0) is 11.1. The second-order valence-corrected chi connectivity index (χ2v) is 5.14. The van der Waals surface area contributed by atoms with Gasteiger partial charge in [0.05, 0.1) is 0 Å². The summed E-state index contributed by atoms with van der Waals surface area (Å²) in [5.41, 5.74) is 5.88. The number of hydrogen-bond donors (Lipinski definition) is 2. The van der Waals surface area contributed by atoms with Gasteiger partial charge < -0.3 is 10.6 Å². The van der Waals surface area contributed by atoms with Crippen LogP contribution in [-0.2, 0) is 0 Å². The summed E-state index contributed by atoms with van der Waals surface area (Å²) in [6, 6.07) is 0.280. The van der Waals surface area contributed by atoms with Crippen LogP contribution in [0.3, 0.4) is 0 Å². The largest absolute Gasteiger partial charge is 0.338 e. The van der Waals surface area contributed by atoms with E-state index in [1.54, 1.807) is 0 Å². The summed E-state index contributed by atoms with van der Waals surface area (Å²) in [5, 5.41) is 7.37. The smallest absolute Gasteiger partial charge is 0.244 e. The Hall–Kier alpha value is -1.10. The van der Waals surface area contributed by atoms with Gasteiger partial charge in [-0.05, 0) is 25.2 Å². The normalized spacial score (nSPS) is 27.4. The summed E-state index contributed by atoms with van der Waals surface area (Å²) < 4.78 is 0. The van der Waals surface area contributed by atoms with Crippen molar-refractivity contribution in [2.45, 2.75) is 38.1 Å². The summed E-state index contributed by atoms with van der Waals surface area (Å²) in [6.07, 6.45) is 3.72. The van der Waals surface area contributed by atoms with Crippen LogP contribution >= 0.6 is 0 Å². The SMILES string of the molecule is CC(c1nc(N2CCC(N)C2)n[nH]1)C1CC1. The molecule has 88 valence electrons. The Balaban J connectivity index is 1.72. The topological polar surface area (TPSA) is 70.8 Å². The first kappa shape index (κ1) is 10.1. The highest BCUT2D eigenvalue weighted by Gasteiger charge is 2.31.